The minimum Gasteiger partial charge on any atom is -0.330 e. The van der Waals surface area contributed by atoms with Gasteiger partial charge in [0.1, 0.15) is 0 Å². The smallest absolute Gasteiger partial charge is 0.178 e. The fourth-order valence-electron chi connectivity index (χ4n) is 3.81. The summed E-state index contributed by atoms with van der Waals surface area (Å²) in [7, 11) is 0. The van der Waals surface area contributed by atoms with Gasteiger partial charge in [0, 0.05) is 30.3 Å². The lowest BCUT2D eigenvalue weighted by Crippen LogP contribution is -2.40. The first-order valence-electron chi connectivity index (χ1n) is 9.64. The highest BCUT2D eigenvalue weighted by atomic mass is 32.1. The summed E-state index contributed by atoms with van der Waals surface area (Å²) in [6.07, 6.45) is 2.17. The van der Waals surface area contributed by atoms with Gasteiger partial charge in [-0.05, 0) is 38.1 Å². The van der Waals surface area contributed by atoms with Crippen LogP contribution in [-0.4, -0.2) is 40.1 Å². The number of piperidine rings is 1. The van der Waals surface area contributed by atoms with Crippen LogP contribution >= 0.6 is 12.2 Å². The highest BCUT2D eigenvalue weighted by molar-refractivity contribution is 7.71. The van der Waals surface area contributed by atoms with Crippen molar-refractivity contribution in [1.29, 1.82) is 0 Å². The Morgan fingerprint density at radius 1 is 0.889 bits per heavy atom. The molecular weight excluding hydrogens is 352 g/mol. The molecule has 1 aliphatic heterocycles. The number of hydrogen-bond acceptors (Lipinski definition) is 3. The molecule has 4 rings (SSSR count). The van der Waals surface area contributed by atoms with Crippen LogP contribution in [0.3, 0.4) is 0 Å². The zero-order valence-corrected chi connectivity index (χ0v) is 16.3. The minimum absolute atomic E-state index is 0.361. The van der Waals surface area contributed by atoms with Crippen molar-refractivity contribution in [2.75, 3.05) is 19.6 Å². The third-order valence-electron chi connectivity index (χ3n) is 5.37. The molecule has 3 N–H and O–H groups in total. The van der Waals surface area contributed by atoms with Gasteiger partial charge in [-0.25, -0.2) is 0 Å². The molecule has 0 bridgehead atoms. The minimum atomic E-state index is 0.361. The second-order valence-corrected chi connectivity index (χ2v) is 7.60. The van der Waals surface area contributed by atoms with Crippen molar-refractivity contribution in [1.82, 2.24) is 14.5 Å². The van der Waals surface area contributed by atoms with Crippen LogP contribution in [0.1, 0.15) is 12.8 Å². The Morgan fingerprint density at radius 3 is 2.11 bits per heavy atom. The standard InChI is InChI=1S/C22H26N4S/c23-19-11-13-25(14-12-19)15-16-26-21(18-9-5-2-6-10-18)20(24-22(26)27)17-7-3-1-4-8-17/h1-10,19H,11-16,23H2,(H,24,27). The first-order valence-corrected chi connectivity index (χ1v) is 10.0. The number of nitrogens with one attached hydrogen (secondary N) is 1. The van der Waals surface area contributed by atoms with E-state index in [-0.39, 0.29) is 0 Å². The van der Waals surface area contributed by atoms with E-state index in [1.54, 1.807) is 0 Å². The molecule has 1 aliphatic rings. The first kappa shape index (κ1) is 18.2. The molecule has 0 aliphatic carbocycles. The van der Waals surface area contributed by atoms with Crippen LogP contribution in [0.2, 0.25) is 0 Å². The highest BCUT2D eigenvalue weighted by Gasteiger charge is 2.19. The molecule has 1 aromatic heterocycles. The summed E-state index contributed by atoms with van der Waals surface area (Å²) in [6, 6.07) is 21.3. The maximum Gasteiger partial charge on any atom is 0.178 e. The number of nitrogens with zero attached hydrogens (tertiary/aromatic N) is 2. The third-order valence-corrected chi connectivity index (χ3v) is 5.69. The fraction of sp³-hybridized carbons (Fsp3) is 0.318. The van der Waals surface area contributed by atoms with Gasteiger partial charge in [-0.2, -0.15) is 0 Å². The van der Waals surface area contributed by atoms with Crippen LogP contribution in [0.5, 0.6) is 0 Å². The molecule has 4 nitrogen and oxygen atoms in total. The van der Waals surface area contributed by atoms with Crippen molar-refractivity contribution in [2.45, 2.75) is 25.4 Å². The van der Waals surface area contributed by atoms with Gasteiger partial charge in [0.15, 0.2) is 4.77 Å². The van der Waals surface area contributed by atoms with Crippen molar-refractivity contribution in [3.05, 3.63) is 65.4 Å². The second-order valence-electron chi connectivity index (χ2n) is 7.22. The Hall–Kier alpha value is -2.21. The van der Waals surface area contributed by atoms with Crippen LogP contribution in [0, 0.1) is 4.77 Å². The molecule has 1 saturated heterocycles. The Kier molecular flexibility index (Phi) is 5.53. The molecular formula is C22H26N4S. The van der Waals surface area contributed by atoms with Crippen molar-refractivity contribution in [2.24, 2.45) is 5.73 Å². The molecule has 0 atom stereocenters. The van der Waals surface area contributed by atoms with Crippen LogP contribution in [-0.2, 0) is 6.54 Å². The summed E-state index contributed by atoms with van der Waals surface area (Å²) < 4.78 is 3.03. The van der Waals surface area contributed by atoms with E-state index in [2.05, 4.69) is 63.0 Å². The van der Waals surface area contributed by atoms with Crippen molar-refractivity contribution >= 4 is 12.2 Å². The second kappa shape index (κ2) is 8.21. The number of benzene rings is 2. The van der Waals surface area contributed by atoms with Crippen LogP contribution in [0.15, 0.2) is 60.7 Å². The van der Waals surface area contributed by atoms with E-state index in [1.165, 1.54) is 11.3 Å². The van der Waals surface area contributed by atoms with Gasteiger partial charge >= 0.3 is 0 Å². The molecule has 2 heterocycles. The van der Waals surface area contributed by atoms with E-state index in [4.69, 9.17) is 18.0 Å². The Morgan fingerprint density at radius 2 is 1.48 bits per heavy atom. The normalized spacial score (nSPS) is 15.9. The summed E-state index contributed by atoms with van der Waals surface area (Å²) in [5, 5.41) is 0. The molecule has 0 unspecified atom stereocenters. The van der Waals surface area contributed by atoms with Crippen molar-refractivity contribution in [3.8, 4) is 22.5 Å². The lowest BCUT2D eigenvalue weighted by atomic mass is 10.0. The van der Waals surface area contributed by atoms with Gasteiger partial charge in [0.25, 0.3) is 0 Å². The average molecular weight is 379 g/mol. The molecule has 140 valence electrons. The molecule has 27 heavy (non-hydrogen) atoms. The van der Waals surface area contributed by atoms with Gasteiger partial charge in [-0.15, -0.1) is 0 Å². The topological polar surface area (TPSA) is 50.0 Å². The SMILES string of the molecule is NC1CCN(CCn2c(-c3ccccc3)c(-c3ccccc3)[nH]c2=S)CC1. The van der Waals surface area contributed by atoms with E-state index in [1.807, 2.05) is 12.1 Å². The van der Waals surface area contributed by atoms with Crippen molar-refractivity contribution < 1.29 is 0 Å². The number of H-pyrrole nitrogens is 1. The summed E-state index contributed by atoms with van der Waals surface area (Å²) in [4.78, 5) is 5.96. The van der Waals surface area contributed by atoms with Gasteiger partial charge in [-0.1, -0.05) is 60.7 Å². The summed E-state index contributed by atoms with van der Waals surface area (Å²) in [6.45, 7) is 4.02. The van der Waals surface area contributed by atoms with E-state index in [0.717, 1.165) is 55.0 Å². The largest absolute Gasteiger partial charge is 0.330 e. The Balaban J connectivity index is 1.68. The van der Waals surface area contributed by atoms with Gasteiger partial charge in [0.2, 0.25) is 0 Å². The predicted octanol–water partition coefficient (Wildman–Crippen LogP) is 4.30. The van der Waals surface area contributed by atoms with E-state index >= 15 is 0 Å². The lowest BCUT2D eigenvalue weighted by molar-refractivity contribution is 0.206. The number of imidazole rings is 1. The van der Waals surface area contributed by atoms with Gasteiger partial charge in [-0.3, -0.25) is 0 Å². The zero-order chi connectivity index (χ0) is 18.6. The molecule has 0 saturated carbocycles. The molecule has 2 aromatic carbocycles. The first-order chi connectivity index (χ1) is 13.2. The Bertz CT molecular complexity index is 922. The number of aromatic amines is 1. The molecule has 0 amide bonds. The molecule has 5 heteroatoms. The van der Waals surface area contributed by atoms with Gasteiger partial charge < -0.3 is 20.2 Å². The molecule has 1 fully saturated rings. The molecule has 0 spiro atoms. The van der Waals surface area contributed by atoms with E-state index in [0.29, 0.717) is 6.04 Å². The molecule has 0 radical (unpaired) electrons. The summed E-state index contributed by atoms with van der Waals surface area (Å²) >= 11 is 5.71. The van der Waals surface area contributed by atoms with Gasteiger partial charge in [0.05, 0.1) is 11.4 Å². The predicted molar refractivity (Wildman–Crippen MR) is 114 cm³/mol. The van der Waals surface area contributed by atoms with Crippen molar-refractivity contribution in [3.63, 3.8) is 0 Å². The maximum atomic E-state index is 6.04. The maximum absolute atomic E-state index is 6.04. The molecule has 3 aromatic rings. The summed E-state index contributed by atoms with van der Waals surface area (Å²) in [5.41, 5.74) is 10.6. The quantitative estimate of drug-likeness (QED) is 0.651. The lowest BCUT2D eigenvalue weighted by Gasteiger charge is -2.30. The highest BCUT2D eigenvalue weighted by Crippen LogP contribution is 2.31. The third kappa shape index (κ3) is 4.05. The fourth-order valence-corrected chi connectivity index (χ4v) is 4.10. The zero-order valence-electron chi connectivity index (χ0n) is 15.5. The average Bonchev–Trinajstić information content (AvgIpc) is 3.05. The number of nitrogens with two attached hydrogens (primary N) is 1. The number of aromatic nitrogens is 2. The Labute approximate surface area is 165 Å². The summed E-state index contributed by atoms with van der Waals surface area (Å²) in [5.74, 6) is 0. The number of likely N-dealkylation sites (tertiary alicyclic amines) is 1. The van der Waals surface area contributed by atoms with E-state index in [9.17, 15) is 0 Å². The van der Waals surface area contributed by atoms with Crippen LogP contribution in [0.25, 0.3) is 22.5 Å². The monoisotopic (exact) mass is 378 g/mol. The number of rotatable bonds is 5. The van der Waals surface area contributed by atoms with Crippen LogP contribution < -0.4 is 5.73 Å². The van der Waals surface area contributed by atoms with E-state index < -0.39 is 0 Å². The van der Waals surface area contributed by atoms with Crippen LogP contribution in [0.4, 0.5) is 0 Å². The number of hydrogen-bond donors (Lipinski definition) is 2.